The Morgan fingerprint density at radius 2 is 1.84 bits per heavy atom. The average Bonchev–Trinajstić information content (AvgIpc) is 2.27. The second kappa shape index (κ2) is 5.07. The van der Waals surface area contributed by atoms with E-state index in [0.717, 1.165) is 5.76 Å². The highest BCUT2D eigenvalue weighted by atomic mass is 32.2. The summed E-state index contributed by atoms with van der Waals surface area (Å²) in [5.41, 5.74) is 1.19. The van der Waals surface area contributed by atoms with E-state index in [-0.39, 0.29) is 0 Å². The Bertz CT molecular complexity index is 473. The van der Waals surface area contributed by atoms with Crippen LogP contribution in [0.4, 0.5) is 0 Å². The Kier molecular flexibility index (Phi) is 3.95. The lowest BCUT2D eigenvalue weighted by Gasteiger charge is -2.44. The number of hydrogen-bond acceptors (Lipinski definition) is 4. The number of rotatable bonds is 2. The molecule has 2 heterocycles. The molecule has 110 valence electrons. The summed E-state index contributed by atoms with van der Waals surface area (Å²) >= 11 is 0. The number of nitrogens with zero attached hydrogens (tertiary/aromatic N) is 1. The maximum absolute atomic E-state index is 11.5. The third kappa shape index (κ3) is 3.12. The first-order chi connectivity index (χ1) is 8.73. The van der Waals surface area contributed by atoms with Crippen molar-refractivity contribution >= 4 is 10.0 Å². The van der Waals surface area contributed by atoms with Crippen LogP contribution in [0.1, 0.15) is 33.6 Å². The highest BCUT2D eigenvalue weighted by Gasteiger charge is 2.42. The van der Waals surface area contributed by atoms with Crippen LogP contribution >= 0.6 is 0 Å². The highest BCUT2D eigenvalue weighted by molar-refractivity contribution is 7.88. The molecule has 1 saturated heterocycles. The summed E-state index contributed by atoms with van der Waals surface area (Å²) < 4.78 is 36.4. The molecule has 2 aliphatic rings. The van der Waals surface area contributed by atoms with Crippen LogP contribution in [0.15, 0.2) is 11.3 Å². The van der Waals surface area contributed by atoms with E-state index in [1.807, 2.05) is 6.92 Å². The van der Waals surface area contributed by atoms with Crippen molar-refractivity contribution in [3.8, 4) is 0 Å². The standard InChI is InChI=1S/C13H23NO4S/c1-10(2)12-9-17-13(18-11(12)3)5-7-14(8-6-13)19(4,15)16/h10H,5-9H2,1-4H3. The molecule has 2 aliphatic heterocycles. The van der Waals surface area contributed by atoms with Gasteiger partial charge in [-0.3, -0.25) is 0 Å². The maximum Gasteiger partial charge on any atom is 0.212 e. The lowest BCUT2D eigenvalue weighted by atomic mass is 9.99. The summed E-state index contributed by atoms with van der Waals surface area (Å²) in [6, 6.07) is 0. The lowest BCUT2D eigenvalue weighted by molar-refractivity contribution is -0.243. The molecule has 6 heteroatoms. The van der Waals surface area contributed by atoms with Gasteiger partial charge in [0.1, 0.15) is 0 Å². The van der Waals surface area contributed by atoms with E-state index in [2.05, 4.69) is 13.8 Å². The quantitative estimate of drug-likeness (QED) is 0.776. The Balaban J connectivity index is 2.06. The average molecular weight is 289 g/mol. The Hall–Kier alpha value is -0.590. The summed E-state index contributed by atoms with van der Waals surface area (Å²) in [6.07, 6.45) is 2.42. The van der Waals surface area contributed by atoms with Gasteiger partial charge in [0.15, 0.2) is 0 Å². The van der Waals surface area contributed by atoms with Gasteiger partial charge in [0, 0.05) is 25.9 Å². The van der Waals surface area contributed by atoms with Crippen LogP contribution in [0.3, 0.4) is 0 Å². The first-order valence-electron chi connectivity index (χ1n) is 6.71. The van der Waals surface area contributed by atoms with Crippen molar-refractivity contribution in [2.75, 3.05) is 26.0 Å². The summed E-state index contributed by atoms with van der Waals surface area (Å²) in [6.45, 7) is 7.72. The van der Waals surface area contributed by atoms with Gasteiger partial charge in [-0.15, -0.1) is 0 Å². The second-order valence-electron chi connectivity index (χ2n) is 5.70. The molecule has 0 saturated carbocycles. The minimum absolute atomic E-state index is 0.411. The zero-order chi connectivity index (χ0) is 14.3. The van der Waals surface area contributed by atoms with Crippen LogP contribution < -0.4 is 0 Å². The first-order valence-corrected chi connectivity index (χ1v) is 8.56. The molecule has 5 nitrogen and oxygen atoms in total. The summed E-state index contributed by atoms with van der Waals surface area (Å²) in [5, 5.41) is 0. The maximum atomic E-state index is 11.5. The molecule has 2 rings (SSSR count). The van der Waals surface area contributed by atoms with Crippen molar-refractivity contribution in [1.82, 2.24) is 4.31 Å². The third-order valence-corrected chi connectivity index (χ3v) is 5.24. The minimum atomic E-state index is -3.11. The van der Waals surface area contributed by atoms with Crippen molar-refractivity contribution in [3.63, 3.8) is 0 Å². The monoisotopic (exact) mass is 289 g/mol. The molecule has 1 fully saturated rings. The molecular weight excluding hydrogens is 266 g/mol. The van der Waals surface area contributed by atoms with Gasteiger partial charge in [-0.05, 0) is 18.4 Å². The largest absolute Gasteiger partial charge is 0.467 e. The zero-order valence-electron chi connectivity index (χ0n) is 12.1. The number of ether oxygens (including phenoxy) is 2. The van der Waals surface area contributed by atoms with E-state index >= 15 is 0 Å². The van der Waals surface area contributed by atoms with Gasteiger partial charge in [-0.25, -0.2) is 12.7 Å². The molecule has 1 spiro atoms. The van der Waals surface area contributed by atoms with Crippen LogP contribution in [0.2, 0.25) is 0 Å². The minimum Gasteiger partial charge on any atom is -0.467 e. The van der Waals surface area contributed by atoms with Gasteiger partial charge in [0.05, 0.1) is 18.6 Å². The van der Waals surface area contributed by atoms with Gasteiger partial charge in [0.2, 0.25) is 15.8 Å². The van der Waals surface area contributed by atoms with Crippen molar-refractivity contribution in [1.29, 1.82) is 0 Å². The van der Waals surface area contributed by atoms with Crippen LogP contribution in [0.5, 0.6) is 0 Å². The van der Waals surface area contributed by atoms with E-state index in [4.69, 9.17) is 9.47 Å². The number of piperidine rings is 1. The van der Waals surface area contributed by atoms with E-state index in [1.54, 1.807) is 0 Å². The lowest BCUT2D eigenvalue weighted by Crippen LogP contribution is -2.50. The fraction of sp³-hybridized carbons (Fsp3) is 0.846. The molecule has 0 bridgehead atoms. The van der Waals surface area contributed by atoms with E-state index in [0.29, 0.717) is 38.5 Å². The molecule has 0 aromatic rings. The highest BCUT2D eigenvalue weighted by Crippen LogP contribution is 2.36. The molecule has 19 heavy (non-hydrogen) atoms. The van der Waals surface area contributed by atoms with Crippen molar-refractivity contribution < 1.29 is 17.9 Å². The Labute approximate surface area is 115 Å². The molecule has 0 aromatic carbocycles. The molecule has 0 N–H and O–H groups in total. The zero-order valence-corrected chi connectivity index (χ0v) is 12.9. The van der Waals surface area contributed by atoms with Crippen molar-refractivity contribution in [3.05, 3.63) is 11.3 Å². The molecule has 0 unspecified atom stereocenters. The van der Waals surface area contributed by atoms with Crippen molar-refractivity contribution in [2.45, 2.75) is 39.4 Å². The molecule has 0 aliphatic carbocycles. The Morgan fingerprint density at radius 3 is 2.26 bits per heavy atom. The molecule has 0 atom stereocenters. The van der Waals surface area contributed by atoms with Crippen LogP contribution in [0, 0.1) is 5.92 Å². The van der Waals surface area contributed by atoms with Crippen LogP contribution in [-0.2, 0) is 19.5 Å². The van der Waals surface area contributed by atoms with Gasteiger partial charge < -0.3 is 9.47 Å². The second-order valence-corrected chi connectivity index (χ2v) is 7.68. The number of allylic oxidation sites excluding steroid dienone is 1. The third-order valence-electron chi connectivity index (χ3n) is 3.93. The predicted octanol–water partition coefficient (Wildman–Crippen LogP) is 1.71. The molecule has 0 radical (unpaired) electrons. The van der Waals surface area contributed by atoms with Gasteiger partial charge in [-0.2, -0.15) is 0 Å². The van der Waals surface area contributed by atoms with Crippen molar-refractivity contribution in [2.24, 2.45) is 5.92 Å². The molecule has 0 amide bonds. The fourth-order valence-corrected chi connectivity index (χ4v) is 3.51. The number of hydrogen-bond donors (Lipinski definition) is 0. The number of sulfonamides is 1. The SMILES string of the molecule is CC1=C(C(C)C)COC2(CCN(S(C)(=O)=O)CC2)O1. The first kappa shape index (κ1) is 14.8. The normalized spacial score (nSPS) is 24.9. The summed E-state index contributed by atoms with van der Waals surface area (Å²) in [4.78, 5) is 0. The molecule has 0 aromatic heterocycles. The molecular formula is C13H23NO4S. The topological polar surface area (TPSA) is 55.8 Å². The van der Waals surface area contributed by atoms with Crippen LogP contribution in [-0.4, -0.2) is 44.5 Å². The summed E-state index contributed by atoms with van der Waals surface area (Å²) in [5.74, 6) is 0.728. The van der Waals surface area contributed by atoms with E-state index < -0.39 is 15.8 Å². The van der Waals surface area contributed by atoms with Gasteiger partial charge in [-0.1, -0.05) is 13.8 Å². The van der Waals surface area contributed by atoms with E-state index in [1.165, 1.54) is 16.1 Å². The van der Waals surface area contributed by atoms with Gasteiger partial charge in [0.25, 0.3) is 0 Å². The summed E-state index contributed by atoms with van der Waals surface area (Å²) in [7, 11) is -3.11. The Morgan fingerprint density at radius 1 is 1.26 bits per heavy atom. The smallest absolute Gasteiger partial charge is 0.212 e. The van der Waals surface area contributed by atoms with Crippen LogP contribution in [0.25, 0.3) is 0 Å². The predicted molar refractivity (Wildman–Crippen MR) is 73.0 cm³/mol. The van der Waals surface area contributed by atoms with E-state index in [9.17, 15) is 8.42 Å². The van der Waals surface area contributed by atoms with Gasteiger partial charge >= 0.3 is 0 Å². The fourth-order valence-electron chi connectivity index (χ4n) is 2.66.